The van der Waals surface area contributed by atoms with Crippen LogP contribution in [0.5, 0.6) is 0 Å². The molecule has 5 rings (SSSR count). The van der Waals surface area contributed by atoms with Crippen molar-refractivity contribution < 1.29 is 18.0 Å². The lowest BCUT2D eigenvalue weighted by Gasteiger charge is -2.34. The molecule has 1 atom stereocenters. The minimum Gasteiger partial charge on any atom is -0.352 e. The molecule has 0 aliphatic heterocycles. The first-order valence-corrected chi connectivity index (χ1v) is 17.8. The maximum atomic E-state index is 14.7. The number of carbonyl (C=O) groups excluding carboxylic acids is 2. The first-order valence-electron chi connectivity index (χ1n) is 16.4. The Kier molecular flexibility index (Phi) is 10.8. The Bertz CT molecular complexity index is 1800. The number of nitrogens with one attached hydrogen (secondary N) is 1. The summed E-state index contributed by atoms with van der Waals surface area (Å²) in [5.74, 6) is -0.675. The number of aryl methyl sites for hydroxylation is 4. The third-order valence-corrected chi connectivity index (χ3v) is 10.7. The molecular formula is C39H45N3O4S. The molecule has 1 aliphatic carbocycles. The Balaban J connectivity index is 1.58. The van der Waals surface area contributed by atoms with Gasteiger partial charge in [-0.3, -0.25) is 13.9 Å². The first-order chi connectivity index (χ1) is 22.5. The standard InChI is InChI=1S/C39H45N3O4S/c1-28-17-20-35(21-18-28)47(45,46)42(36-22-19-30(3)23-31(36)4)27-38(43)41(26-33-14-10-11-29(2)24-33)37(25-32-12-6-5-7-13-32)39(44)40-34-15-8-9-16-34/h5-7,10-14,17-24,34,37H,8-9,15-16,25-27H2,1-4H3,(H,40,44). The highest BCUT2D eigenvalue weighted by molar-refractivity contribution is 7.92. The molecule has 7 nitrogen and oxygen atoms in total. The van der Waals surface area contributed by atoms with E-state index >= 15 is 0 Å². The van der Waals surface area contributed by atoms with E-state index in [0.29, 0.717) is 12.1 Å². The number of anilines is 1. The summed E-state index contributed by atoms with van der Waals surface area (Å²) in [6.45, 7) is 7.37. The zero-order valence-electron chi connectivity index (χ0n) is 27.8. The summed E-state index contributed by atoms with van der Waals surface area (Å²) in [5, 5.41) is 3.23. The molecule has 0 heterocycles. The fraction of sp³-hybridized carbons (Fsp3) is 0.333. The minimum absolute atomic E-state index is 0.0605. The van der Waals surface area contributed by atoms with Gasteiger partial charge < -0.3 is 10.2 Å². The summed E-state index contributed by atoms with van der Waals surface area (Å²) in [6, 6.07) is 28.9. The van der Waals surface area contributed by atoms with Crippen LogP contribution in [0, 0.1) is 27.7 Å². The van der Waals surface area contributed by atoms with Gasteiger partial charge in [0.1, 0.15) is 12.6 Å². The maximum Gasteiger partial charge on any atom is 0.264 e. The van der Waals surface area contributed by atoms with Crippen LogP contribution in [0.1, 0.15) is 59.1 Å². The Morgan fingerprint density at radius 3 is 2.06 bits per heavy atom. The summed E-state index contributed by atoms with van der Waals surface area (Å²) in [6.07, 6.45) is 4.23. The molecule has 2 amide bonds. The largest absolute Gasteiger partial charge is 0.352 e. The van der Waals surface area contributed by atoms with Crippen LogP contribution in [0.25, 0.3) is 0 Å². The van der Waals surface area contributed by atoms with Crippen molar-refractivity contribution in [3.63, 3.8) is 0 Å². The van der Waals surface area contributed by atoms with Gasteiger partial charge in [0.05, 0.1) is 10.6 Å². The zero-order chi connectivity index (χ0) is 33.6. The van der Waals surface area contributed by atoms with E-state index in [-0.39, 0.29) is 23.4 Å². The second-order valence-electron chi connectivity index (χ2n) is 12.8. The second kappa shape index (κ2) is 15.0. The summed E-state index contributed by atoms with van der Waals surface area (Å²) < 4.78 is 29.9. The highest BCUT2D eigenvalue weighted by Gasteiger charge is 2.36. The summed E-state index contributed by atoms with van der Waals surface area (Å²) in [5.41, 5.74) is 5.89. The lowest BCUT2D eigenvalue weighted by atomic mass is 10.0. The van der Waals surface area contributed by atoms with Crippen LogP contribution >= 0.6 is 0 Å². The lowest BCUT2D eigenvalue weighted by Crippen LogP contribution is -2.54. The van der Waals surface area contributed by atoms with Gasteiger partial charge in [-0.1, -0.05) is 108 Å². The van der Waals surface area contributed by atoms with Gasteiger partial charge >= 0.3 is 0 Å². The number of benzene rings is 4. The van der Waals surface area contributed by atoms with Gasteiger partial charge in [0, 0.05) is 19.0 Å². The monoisotopic (exact) mass is 651 g/mol. The predicted octanol–water partition coefficient (Wildman–Crippen LogP) is 6.81. The van der Waals surface area contributed by atoms with Gasteiger partial charge in [-0.2, -0.15) is 0 Å². The van der Waals surface area contributed by atoms with Crippen LogP contribution in [0.3, 0.4) is 0 Å². The SMILES string of the molecule is Cc1ccc(S(=O)(=O)N(CC(=O)N(Cc2cccc(C)c2)C(Cc2ccccc2)C(=O)NC2CCCC2)c2ccc(C)cc2C)cc1. The predicted molar refractivity (Wildman–Crippen MR) is 188 cm³/mol. The van der Waals surface area contributed by atoms with Crippen LogP contribution in [-0.4, -0.2) is 43.8 Å². The molecule has 1 N–H and O–H groups in total. The molecule has 1 aliphatic rings. The summed E-state index contributed by atoms with van der Waals surface area (Å²) in [7, 11) is -4.15. The van der Waals surface area contributed by atoms with Crippen LogP contribution in [0.2, 0.25) is 0 Å². The van der Waals surface area contributed by atoms with E-state index in [0.717, 1.165) is 59.1 Å². The molecule has 8 heteroatoms. The van der Waals surface area contributed by atoms with Crippen molar-refractivity contribution in [3.05, 3.63) is 130 Å². The molecule has 1 fully saturated rings. The molecule has 0 radical (unpaired) electrons. The smallest absolute Gasteiger partial charge is 0.264 e. The van der Waals surface area contributed by atoms with Gasteiger partial charge in [-0.15, -0.1) is 0 Å². The Labute approximate surface area is 279 Å². The summed E-state index contributed by atoms with van der Waals surface area (Å²) in [4.78, 5) is 30.6. The van der Waals surface area contributed by atoms with E-state index in [4.69, 9.17) is 0 Å². The topological polar surface area (TPSA) is 86.8 Å². The van der Waals surface area contributed by atoms with Gasteiger partial charge in [-0.05, 0) is 75.4 Å². The lowest BCUT2D eigenvalue weighted by molar-refractivity contribution is -0.140. The highest BCUT2D eigenvalue weighted by Crippen LogP contribution is 2.29. The molecule has 4 aromatic rings. The van der Waals surface area contributed by atoms with Gasteiger partial charge in [0.25, 0.3) is 10.0 Å². The molecule has 4 aromatic carbocycles. The van der Waals surface area contributed by atoms with Crippen LogP contribution < -0.4 is 9.62 Å². The highest BCUT2D eigenvalue weighted by atomic mass is 32.2. The number of nitrogens with zero attached hydrogens (tertiary/aromatic N) is 2. The van der Waals surface area contributed by atoms with Gasteiger partial charge in [0.2, 0.25) is 11.8 Å². The van der Waals surface area contributed by atoms with E-state index in [1.54, 1.807) is 35.2 Å². The molecule has 0 bridgehead atoms. The van der Waals surface area contributed by atoms with Crippen molar-refractivity contribution >= 4 is 27.5 Å². The zero-order valence-corrected chi connectivity index (χ0v) is 28.6. The number of sulfonamides is 1. The normalized spacial score (nSPS) is 14.0. The Morgan fingerprint density at radius 2 is 1.40 bits per heavy atom. The van der Waals surface area contributed by atoms with Crippen LogP contribution in [0.4, 0.5) is 5.69 Å². The molecule has 1 unspecified atom stereocenters. The number of amides is 2. The van der Waals surface area contributed by atoms with Crippen molar-refractivity contribution in [3.8, 4) is 0 Å². The molecule has 246 valence electrons. The van der Waals surface area contributed by atoms with Crippen molar-refractivity contribution in [1.29, 1.82) is 0 Å². The molecule has 1 saturated carbocycles. The van der Waals surface area contributed by atoms with Crippen molar-refractivity contribution in [2.24, 2.45) is 0 Å². The van der Waals surface area contributed by atoms with E-state index in [1.807, 2.05) is 94.4 Å². The average Bonchev–Trinajstić information content (AvgIpc) is 3.55. The average molecular weight is 652 g/mol. The molecule has 0 aromatic heterocycles. The van der Waals surface area contributed by atoms with E-state index in [9.17, 15) is 18.0 Å². The van der Waals surface area contributed by atoms with Gasteiger partial charge in [0.15, 0.2) is 0 Å². The third kappa shape index (κ3) is 8.49. The molecule has 0 saturated heterocycles. The summed E-state index contributed by atoms with van der Waals surface area (Å²) >= 11 is 0. The van der Waals surface area contributed by atoms with E-state index < -0.39 is 28.5 Å². The van der Waals surface area contributed by atoms with Crippen molar-refractivity contribution in [2.75, 3.05) is 10.8 Å². The number of carbonyl (C=O) groups is 2. The number of hydrogen-bond acceptors (Lipinski definition) is 4. The van der Waals surface area contributed by atoms with E-state index in [1.165, 1.54) is 4.31 Å². The van der Waals surface area contributed by atoms with Crippen molar-refractivity contribution in [1.82, 2.24) is 10.2 Å². The first kappa shape index (κ1) is 33.9. The fourth-order valence-electron chi connectivity index (χ4n) is 6.36. The molecule has 0 spiro atoms. The number of hydrogen-bond donors (Lipinski definition) is 1. The van der Waals surface area contributed by atoms with Gasteiger partial charge in [-0.25, -0.2) is 8.42 Å². The maximum absolute atomic E-state index is 14.7. The Morgan fingerprint density at radius 1 is 0.766 bits per heavy atom. The third-order valence-electron chi connectivity index (χ3n) is 8.92. The van der Waals surface area contributed by atoms with Crippen LogP contribution in [0.15, 0.2) is 102 Å². The van der Waals surface area contributed by atoms with Crippen LogP contribution in [-0.2, 0) is 32.6 Å². The minimum atomic E-state index is -4.15. The second-order valence-corrected chi connectivity index (χ2v) is 14.7. The van der Waals surface area contributed by atoms with E-state index in [2.05, 4.69) is 5.32 Å². The molecular weight excluding hydrogens is 607 g/mol. The Hall–Kier alpha value is -4.43. The quantitative estimate of drug-likeness (QED) is 0.182. The van der Waals surface area contributed by atoms with Crippen molar-refractivity contribution in [2.45, 2.75) is 83.3 Å². The fourth-order valence-corrected chi connectivity index (χ4v) is 7.84. The number of rotatable bonds is 12. The molecule has 47 heavy (non-hydrogen) atoms.